The number of aldehydes is 1. The van der Waals surface area contributed by atoms with Gasteiger partial charge in [0.15, 0.2) is 12.1 Å². The average molecular weight is 717 g/mol. The Bertz CT molecular complexity index is 2070. The number of carboxylic acid groups (broad SMARTS) is 3. The molecule has 0 radical (unpaired) electrons. The van der Waals surface area contributed by atoms with Crippen molar-refractivity contribution in [1.29, 1.82) is 0 Å². The van der Waals surface area contributed by atoms with Crippen molar-refractivity contribution in [1.82, 2.24) is 20.3 Å². The molecule has 0 saturated heterocycles. The number of aliphatic carboxylic acids is 3. The van der Waals surface area contributed by atoms with E-state index in [1.807, 2.05) is 6.92 Å². The SMILES string of the molecule is C=CC1=C(C)C(Cc2[nH]c(C3c4[nH]c(Cc5[nH]c(C=O)c(C)c5CCOC(=O)CC(=O)O)c(C)c4C(=O)C3C(=O)O)c(CCC(=O)O)c2C)NC1=O. The van der Waals surface area contributed by atoms with Crippen molar-refractivity contribution in [2.24, 2.45) is 5.92 Å². The number of fused-ring (bicyclic) bond motifs is 1. The number of carbonyl (C=O) groups excluding carboxylic acids is 4. The molecular weight excluding hydrogens is 676 g/mol. The van der Waals surface area contributed by atoms with Crippen molar-refractivity contribution >= 4 is 41.9 Å². The molecule has 4 heterocycles. The van der Waals surface area contributed by atoms with Crippen LogP contribution in [0, 0.1) is 26.7 Å². The molecule has 2 aliphatic rings. The van der Waals surface area contributed by atoms with Gasteiger partial charge >= 0.3 is 23.9 Å². The Hall–Kier alpha value is -5.99. The standard InChI is InChI=1S/C37H40N4O11/c1-6-19-15(2)23(41-36(19)49)11-22-17(4)21(7-8-27(43)44)33(39-22)31-32(37(50)51)35(48)30-18(5)24(40-34(30)31)12-25-20(16(3)26(14-42)38-25)9-10-52-29(47)13-28(45)46/h6,14,23,31-32,38-40H,1,7-13H2,2-5H3,(H,41,49)(H,43,44)(H,45,46)(H,50,51). The number of hydrogen-bond donors (Lipinski definition) is 7. The molecule has 3 aromatic rings. The first-order valence-electron chi connectivity index (χ1n) is 16.7. The highest BCUT2D eigenvalue weighted by molar-refractivity contribution is 6.14. The molecule has 0 fully saturated rings. The van der Waals surface area contributed by atoms with Crippen molar-refractivity contribution in [3.8, 4) is 0 Å². The van der Waals surface area contributed by atoms with Gasteiger partial charge in [-0.05, 0) is 67.5 Å². The average Bonchev–Trinajstić information content (AvgIpc) is 3.80. The highest BCUT2D eigenvalue weighted by atomic mass is 16.5. The number of Topliss-reactive ketones (excluding diaryl/α,β-unsaturated/α-hetero) is 1. The number of aromatic amines is 3. The minimum Gasteiger partial charge on any atom is -0.481 e. The van der Waals surface area contributed by atoms with Crippen LogP contribution < -0.4 is 5.32 Å². The minimum absolute atomic E-state index is 0.0618. The number of H-pyrrole nitrogens is 3. The van der Waals surface area contributed by atoms with Crippen molar-refractivity contribution in [3.63, 3.8) is 0 Å². The summed E-state index contributed by atoms with van der Waals surface area (Å²) < 4.78 is 5.07. The monoisotopic (exact) mass is 716 g/mol. The van der Waals surface area contributed by atoms with Gasteiger partial charge in [0.05, 0.1) is 24.3 Å². The zero-order chi connectivity index (χ0) is 38.2. The normalized spacial score (nSPS) is 18.0. The third kappa shape index (κ3) is 6.85. The Morgan fingerprint density at radius 1 is 0.846 bits per heavy atom. The molecule has 3 atom stereocenters. The molecule has 0 aromatic carbocycles. The van der Waals surface area contributed by atoms with Crippen LogP contribution in [0.3, 0.4) is 0 Å². The summed E-state index contributed by atoms with van der Waals surface area (Å²) >= 11 is 0. The highest BCUT2D eigenvalue weighted by Crippen LogP contribution is 2.46. The molecule has 1 aliphatic carbocycles. The lowest BCUT2D eigenvalue weighted by Crippen LogP contribution is -2.30. The lowest BCUT2D eigenvalue weighted by Gasteiger charge is -2.18. The topological polar surface area (TPSA) is 249 Å². The highest BCUT2D eigenvalue weighted by Gasteiger charge is 2.49. The fourth-order valence-electron chi connectivity index (χ4n) is 7.50. The van der Waals surface area contributed by atoms with E-state index in [9.17, 15) is 43.8 Å². The van der Waals surface area contributed by atoms with Gasteiger partial charge in [-0.1, -0.05) is 12.7 Å². The maximum Gasteiger partial charge on any atom is 0.317 e. The second kappa shape index (κ2) is 14.7. The number of aromatic nitrogens is 3. The smallest absolute Gasteiger partial charge is 0.317 e. The van der Waals surface area contributed by atoms with E-state index in [0.29, 0.717) is 80.3 Å². The van der Waals surface area contributed by atoms with Crippen LogP contribution in [0.15, 0.2) is 23.8 Å². The number of carbonyl (C=O) groups is 7. The van der Waals surface area contributed by atoms with E-state index in [0.717, 1.165) is 5.57 Å². The summed E-state index contributed by atoms with van der Waals surface area (Å²) in [5, 5.41) is 31.7. The maximum atomic E-state index is 13.9. The molecule has 15 nitrogen and oxygen atoms in total. The van der Waals surface area contributed by atoms with E-state index >= 15 is 0 Å². The zero-order valence-electron chi connectivity index (χ0n) is 29.2. The Morgan fingerprint density at radius 2 is 1.54 bits per heavy atom. The summed E-state index contributed by atoms with van der Waals surface area (Å²) in [4.78, 5) is 95.2. The Morgan fingerprint density at radius 3 is 2.13 bits per heavy atom. The van der Waals surface area contributed by atoms with Crippen molar-refractivity contribution < 1.29 is 53.6 Å². The van der Waals surface area contributed by atoms with Crippen LogP contribution in [0.1, 0.15) is 103 Å². The number of carboxylic acids is 3. The predicted octanol–water partition coefficient (Wildman–Crippen LogP) is 3.15. The number of hydrogen-bond acceptors (Lipinski definition) is 8. The van der Waals surface area contributed by atoms with Gasteiger partial charge in [-0.3, -0.25) is 33.6 Å². The van der Waals surface area contributed by atoms with E-state index in [4.69, 9.17) is 9.84 Å². The van der Waals surface area contributed by atoms with Crippen molar-refractivity contribution in [2.45, 2.75) is 78.2 Å². The number of amides is 1. The van der Waals surface area contributed by atoms with Gasteiger partial charge in [0.1, 0.15) is 12.3 Å². The zero-order valence-corrected chi connectivity index (χ0v) is 29.2. The second-order valence-corrected chi connectivity index (χ2v) is 13.2. The van der Waals surface area contributed by atoms with Crippen molar-refractivity contribution in [2.75, 3.05) is 6.61 Å². The van der Waals surface area contributed by atoms with Crippen LogP contribution >= 0.6 is 0 Å². The molecule has 15 heteroatoms. The van der Waals surface area contributed by atoms with E-state index in [1.165, 1.54) is 6.08 Å². The second-order valence-electron chi connectivity index (χ2n) is 13.2. The number of ether oxygens (including phenoxy) is 1. The Balaban J connectivity index is 1.55. The van der Waals surface area contributed by atoms with Crippen LogP contribution in [0.2, 0.25) is 0 Å². The number of ketones is 1. The first kappa shape index (κ1) is 37.3. The number of rotatable bonds is 16. The molecular formula is C37H40N4O11. The molecule has 0 bridgehead atoms. The summed E-state index contributed by atoms with van der Waals surface area (Å²) in [7, 11) is 0. The maximum absolute atomic E-state index is 13.9. The molecule has 0 saturated carbocycles. The summed E-state index contributed by atoms with van der Waals surface area (Å²) in [6, 6.07) is -0.385. The predicted molar refractivity (Wildman–Crippen MR) is 183 cm³/mol. The van der Waals surface area contributed by atoms with Gasteiger partial charge in [0.2, 0.25) is 0 Å². The molecule has 274 valence electrons. The van der Waals surface area contributed by atoms with Gasteiger partial charge in [-0.2, -0.15) is 0 Å². The van der Waals surface area contributed by atoms with Gasteiger partial charge in [0, 0.05) is 65.3 Å². The molecule has 52 heavy (non-hydrogen) atoms. The Kier molecular flexibility index (Phi) is 10.5. The molecule has 7 N–H and O–H groups in total. The minimum atomic E-state index is -1.51. The quantitative estimate of drug-likeness (QED) is 0.0644. The third-order valence-corrected chi connectivity index (χ3v) is 10.2. The fraction of sp³-hybridized carbons (Fsp3) is 0.378. The van der Waals surface area contributed by atoms with Crippen LogP contribution in [0.4, 0.5) is 0 Å². The van der Waals surface area contributed by atoms with Crippen LogP contribution in [-0.2, 0) is 54.4 Å². The lowest BCUT2D eigenvalue weighted by molar-refractivity contribution is -0.151. The molecule has 1 amide bonds. The van der Waals surface area contributed by atoms with Gasteiger partial charge in [-0.25, -0.2) is 0 Å². The number of nitrogens with one attached hydrogen (secondary N) is 4. The summed E-state index contributed by atoms with van der Waals surface area (Å²) in [5.41, 5.74) is 7.38. The molecule has 0 spiro atoms. The van der Waals surface area contributed by atoms with E-state index < -0.39 is 47.9 Å². The van der Waals surface area contributed by atoms with E-state index in [1.54, 1.807) is 20.8 Å². The van der Waals surface area contributed by atoms with Gasteiger partial charge < -0.3 is 40.3 Å². The summed E-state index contributed by atoms with van der Waals surface area (Å²) in [5.74, 6) is -8.02. The summed E-state index contributed by atoms with van der Waals surface area (Å²) in [6.45, 7) is 10.6. The van der Waals surface area contributed by atoms with Crippen LogP contribution in [0.25, 0.3) is 0 Å². The van der Waals surface area contributed by atoms with Crippen LogP contribution in [0.5, 0.6) is 0 Å². The van der Waals surface area contributed by atoms with Crippen LogP contribution in [-0.4, -0.2) is 84.8 Å². The first-order chi connectivity index (χ1) is 24.6. The first-order valence-corrected chi connectivity index (χ1v) is 16.7. The number of esters is 1. The van der Waals surface area contributed by atoms with E-state index in [2.05, 4.69) is 26.8 Å². The fourth-order valence-corrected chi connectivity index (χ4v) is 7.50. The van der Waals surface area contributed by atoms with E-state index in [-0.39, 0.29) is 49.8 Å². The third-order valence-electron chi connectivity index (χ3n) is 10.2. The molecule has 1 aliphatic heterocycles. The Labute approximate surface area is 297 Å². The molecule has 3 unspecified atom stereocenters. The largest absolute Gasteiger partial charge is 0.481 e. The van der Waals surface area contributed by atoms with Gasteiger partial charge in [-0.15, -0.1) is 0 Å². The molecule has 3 aromatic heterocycles. The summed E-state index contributed by atoms with van der Waals surface area (Å²) in [6.07, 6.45) is 1.79. The molecule has 5 rings (SSSR count). The van der Waals surface area contributed by atoms with Gasteiger partial charge in [0.25, 0.3) is 5.91 Å². The van der Waals surface area contributed by atoms with Crippen molar-refractivity contribution in [3.05, 3.63) is 91.3 Å². The lowest BCUT2D eigenvalue weighted by atomic mass is 9.87.